The number of esters is 1. The van der Waals surface area contributed by atoms with Crippen molar-refractivity contribution < 1.29 is 18.8 Å². The van der Waals surface area contributed by atoms with Gasteiger partial charge in [0.15, 0.2) is 0 Å². The lowest BCUT2D eigenvalue weighted by Crippen LogP contribution is -2.28. The number of anilines is 1. The van der Waals surface area contributed by atoms with E-state index < -0.39 is 12.0 Å². The minimum atomic E-state index is -0.569. The Bertz CT molecular complexity index is 425. The van der Waals surface area contributed by atoms with Crippen molar-refractivity contribution in [3.05, 3.63) is 11.3 Å². The van der Waals surface area contributed by atoms with Gasteiger partial charge in [-0.2, -0.15) is 0 Å². The first kappa shape index (κ1) is 13.0. The molecular formula is C10H15N3O4. The lowest BCUT2D eigenvalue weighted by molar-refractivity contribution is 0.0526. The number of carbonyl (C=O) groups is 2. The Morgan fingerprint density at radius 1 is 1.47 bits per heavy atom. The van der Waals surface area contributed by atoms with E-state index in [-0.39, 0.29) is 18.1 Å². The van der Waals surface area contributed by atoms with Crippen molar-refractivity contribution in [2.45, 2.75) is 13.8 Å². The summed E-state index contributed by atoms with van der Waals surface area (Å²) in [5, 5.41) is 6.05. The van der Waals surface area contributed by atoms with Gasteiger partial charge in [-0.3, -0.25) is 5.32 Å². The maximum atomic E-state index is 11.6. The Morgan fingerprint density at radius 3 is 2.65 bits per heavy atom. The normalized spacial score (nSPS) is 9.88. The SMILES string of the molecule is CCOC(=O)c1c(C)noc1NC(=O)N(C)C. The zero-order valence-corrected chi connectivity index (χ0v) is 10.2. The molecule has 0 spiro atoms. The van der Waals surface area contributed by atoms with E-state index in [0.29, 0.717) is 5.69 Å². The second-order valence-electron chi connectivity index (χ2n) is 3.52. The Kier molecular flexibility index (Phi) is 4.08. The van der Waals surface area contributed by atoms with Gasteiger partial charge in [-0.05, 0) is 13.8 Å². The van der Waals surface area contributed by atoms with Crippen LogP contribution >= 0.6 is 0 Å². The van der Waals surface area contributed by atoms with Crippen molar-refractivity contribution in [3.63, 3.8) is 0 Å². The number of nitrogens with one attached hydrogen (secondary N) is 1. The average Bonchev–Trinajstić information content (AvgIpc) is 2.60. The summed E-state index contributed by atoms with van der Waals surface area (Å²) in [4.78, 5) is 24.4. The zero-order chi connectivity index (χ0) is 13.0. The second kappa shape index (κ2) is 5.33. The molecule has 0 bridgehead atoms. The Balaban J connectivity index is 2.94. The molecule has 1 aromatic rings. The molecule has 17 heavy (non-hydrogen) atoms. The fourth-order valence-electron chi connectivity index (χ4n) is 1.11. The summed E-state index contributed by atoms with van der Waals surface area (Å²) in [5.41, 5.74) is 0.513. The maximum absolute atomic E-state index is 11.6. The van der Waals surface area contributed by atoms with Gasteiger partial charge in [0.05, 0.1) is 12.3 Å². The van der Waals surface area contributed by atoms with Crippen molar-refractivity contribution >= 4 is 17.9 Å². The van der Waals surface area contributed by atoms with Crippen LogP contribution in [0.25, 0.3) is 0 Å². The number of aromatic nitrogens is 1. The molecule has 1 heterocycles. The summed E-state index contributed by atoms with van der Waals surface area (Å²) >= 11 is 0. The molecule has 0 radical (unpaired) electrons. The van der Waals surface area contributed by atoms with Crippen LogP contribution < -0.4 is 5.32 Å². The van der Waals surface area contributed by atoms with Gasteiger partial charge < -0.3 is 14.2 Å². The molecule has 0 atom stereocenters. The van der Waals surface area contributed by atoms with Gasteiger partial charge in [-0.1, -0.05) is 5.16 Å². The van der Waals surface area contributed by atoms with E-state index in [1.54, 1.807) is 27.9 Å². The Labute approximate surface area is 98.7 Å². The van der Waals surface area contributed by atoms with E-state index in [1.165, 1.54) is 4.90 Å². The van der Waals surface area contributed by atoms with Crippen LogP contribution in [-0.2, 0) is 4.74 Å². The fraction of sp³-hybridized carbons (Fsp3) is 0.500. The van der Waals surface area contributed by atoms with Crippen LogP contribution in [0.3, 0.4) is 0 Å². The Morgan fingerprint density at radius 2 is 2.12 bits per heavy atom. The minimum absolute atomic E-state index is 0.000324. The predicted molar refractivity (Wildman–Crippen MR) is 59.9 cm³/mol. The number of hydrogen-bond donors (Lipinski definition) is 1. The predicted octanol–water partition coefficient (Wildman–Crippen LogP) is 1.25. The second-order valence-corrected chi connectivity index (χ2v) is 3.52. The fourth-order valence-corrected chi connectivity index (χ4v) is 1.11. The highest BCUT2D eigenvalue weighted by Crippen LogP contribution is 2.20. The number of carbonyl (C=O) groups excluding carboxylic acids is 2. The van der Waals surface area contributed by atoms with E-state index in [9.17, 15) is 9.59 Å². The van der Waals surface area contributed by atoms with Crippen LogP contribution in [0.4, 0.5) is 10.7 Å². The van der Waals surface area contributed by atoms with Crippen molar-refractivity contribution in [1.29, 1.82) is 0 Å². The third kappa shape index (κ3) is 2.96. The molecule has 1 aromatic heterocycles. The van der Waals surface area contributed by atoms with Crippen molar-refractivity contribution in [3.8, 4) is 0 Å². The highest BCUT2D eigenvalue weighted by Gasteiger charge is 2.23. The van der Waals surface area contributed by atoms with Crippen LogP contribution in [0.1, 0.15) is 23.0 Å². The van der Waals surface area contributed by atoms with Crippen LogP contribution in [0.15, 0.2) is 4.52 Å². The standard InChI is InChI=1S/C10H15N3O4/c1-5-16-9(14)7-6(2)12-17-8(7)11-10(15)13(3)4/h5H2,1-4H3,(H,11,15). The van der Waals surface area contributed by atoms with Gasteiger partial charge in [0.2, 0.25) is 5.88 Å². The number of urea groups is 1. The number of nitrogens with zero attached hydrogens (tertiary/aromatic N) is 2. The summed E-state index contributed by atoms with van der Waals surface area (Å²) in [6.07, 6.45) is 0. The molecule has 0 unspecified atom stereocenters. The van der Waals surface area contributed by atoms with Gasteiger partial charge in [-0.15, -0.1) is 0 Å². The number of rotatable bonds is 3. The van der Waals surface area contributed by atoms with Crippen LogP contribution in [0, 0.1) is 6.92 Å². The summed E-state index contributed by atoms with van der Waals surface area (Å²) in [5.74, 6) is -0.569. The first-order valence-electron chi connectivity index (χ1n) is 5.09. The van der Waals surface area contributed by atoms with Crippen LogP contribution in [0.2, 0.25) is 0 Å². The molecule has 0 aromatic carbocycles. The quantitative estimate of drug-likeness (QED) is 0.805. The lowest BCUT2D eigenvalue weighted by Gasteiger charge is -2.10. The van der Waals surface area contributed by atoms with Gasteiger partial charge in [0.1, 0.15) is 5.56 Å². The molecule has 0 aliphatic carbocycles. The van der Waals surface area contributed by atoms with Gasteiger partial charge in [-0.25, -0.2) is 9.59 Å². The van der Waals surface area contributed by atoms with Gasteiger partial charge in [0.25, 0.3) is 0 Å². The number of hydrogen-bond acceptors (Lipinski definition) is 5. The number of amides is 2. The van der Waals surface area contributed by atoms with Gasteiger partial charge in [0, 0.05) is 14.1 Å². The first-order chi connectivity index (χ1) is 7.97. The lowest BCUT2D eigenvalue weighted by atomic mass is 10.2. The first-order valence-corrected chi connectivity index (χ1v) is 5.09. The zero-order valence-electron chi connectivity index (χ0n) is 10.2. The number of aryl methyl sites for hydroxylation is 1. The highest BCUT2D eigenvalue weighted by atomic mass is 16.5. The summed E-state index contributed by atoms with van der Waals surface area (Å²) in [6, 6.07) is -0.410. The summed E-state index contributed by atoms with van der Waals surface area (Å²) < 4.78 is 9.72. The van der Waals surface area contributed by atoms with E-state index >= 15 is 0 Å². The Hall–Kier alpha value is -2.05. The van der Waals surface area contributed by atoms with Crippen molar-refractivity contribution in [2.24, 2.45) is 0 Å². The molecule has 7 heteroatoms. The largest absolute Gasteiger partial charge is 0.462 e. The molecule has 94 valence electrons. The summed E-state index contributed by atoms with van der Waals surface area (Å²) in [7, 11) is 3.14. The molecule has 0 aliphatic rings. The third-order valence-corrected chi connectivity index (χ3v) is 1.97. The van der Waals surface area contributed by atoms with E-state index in [2.05, 4.69) is 10.5 Å². The van der Waals surface area contributed by atoms with Crippen LogP contribution in [-0.4, -0.2) is 42.8 Å². The molecule has 0 saturated heterocycles. The molecule has 0 fully saturated rings. The third-order valence-electron chi connectivity index (χ3n) is 1.97. The van der Waals surface area contributed by atoms with E-state index in [1.807, 2.05) is 0 Å². The molecule has 2 amide bonds. The minimum Gasteiger partial charge on any atom is -0.462 e. The van der Waals surface area contributed by atoms with E-state index in [0.717, 1.165) is 0 Å². The van der Waals surface area contributed by atoms with E-state index in [4.69, 9.17) is 9.26 Å². The monoisotopic (exact) mass is 241 g/mol. The average molecular weight is 241 g/mol. The summed E-state index contributed by atoms with van der Waals surface area (Å²) in [6.45, 7) is 3.53. The molecule has 1 N–H and O–H groups in total. The van der Waals surface area contributed by atoms with Crippen molar-refractivity contribution in [1.82, 2.24) is 10.1 Å². The molecule has 0 saturated carbocycles. The molecule has 1 rings (SSSR count). The smallest absolute Gasteiger partial charge is 0.345 e. The maximum Gasteiger partial charge on any atom is 0.345 e. The number of ether oxygens (including phenoxy) is 1. The topological polar surface area (TPSA) is 84.7 Å². The van der Waals surface area contributed by atoms with Crippen LogP contribution in [0.5, 0.6) is 0 Å². The molecule has 0 aliphatic heterocycles. The highest BCUT2D eigenvalue weighted by molar-refractivity contribution is 5.99. The molecular weight excluding hydrogens is 226 g/mol. The molecule has 7 nitrogen and oxygen atoms in total. The van der Waals surface area contributed by atoms with Gasteiger partial charge >= 0.3 is 12.0 Å². The van der Waals surface area contributed by atoms with Crippen molar-refractivity contribution in [2.75, 3.05) is 26.0 Å².